The van der Waals surface area contributed by atoms with E-state index in [4.69, 9.17) is 0 Å². The molecule has 0 saturated heterocycles. The number of nitro benzene ring substituents is 1. The molecule has 0 N–H and O–H groups in total. The molecule has 1 aromatic rings. The molecular formula is C13H19F2N3O2. The van der Waals surface area contributed by atoms with Crippen LogP contribution in [0.15, 0.2) is 12.1 Å². The number of anilines is 1. The lowest BCUT2D eigenvalue weighted by Crippen LogP contribution is -2.38. The Kier molecular flexibility index (Phi) is 5.38. The molecule has 0 aromatic heterocycles. The predicted molar refractivity (Wildman–Crippen MR) is 74.0 cm³/mol. The van der Waals surface area contributed by atoms with Crippen LogP contribution in [-0.2, 0) is 0 Å². The highest BCUT2D eigenvalue weighted by molar-refractivity contribution is 5.54. The van der Waals surface area contributed by atoms with Crippen molar-refractivity contribution < 1.29 is 13.7 Å². The average Bonchev–Trinajstić information content (AvgIpc) is 2.31. The number of hydrogen-bond acceptors (Lipinski definition) is 4. The smallest absolute Gasteiger partial charge is 0.275 e. The van der Waals surface area contributed by atoms with E-state index in [9.17, 15) is 18.9 Å². The number of nitrogens with zero attached hydrogens (tertiary/aromatic N) is 3. The van der Waals surface area contributed by atoms with Crippen LogP contribution in [0.5, 0.6) is 0 Å². The van der Waals surface area contributed by atoms with Crippen molar-refractivity contribution in [3.8, 4) is 0 Å². The van der Waals surface area contributed by atoms with Gasteiger partial charge in [0.15, 0.2) is 11.6 Å². The van der Waals surface area contributed by atoms with Crippen molar-refractivity contribution in [1.29, 1.82) is 0 Å². The molecule has 0 aliphatic rings. The molecule has 0 unspecified atom stereocenters. The summed E-state index contributed by atoms with van der Waals surface area (Å²) >= 11 is 0. The first kappa shape index (κ1) is 16.3. The second-order valence-corrected chi connectivity index (χ2v) is 5.11. The van der Waals surface area contributed by atoms with E-state index in [1.807, 2.05) is 32.8 Å². The molecule has 0 aliphatic carbocycles. The highest BCUT2D eigenvalue weighted by atomic mass is 19.1. The summed E-state index contributed by atoms with van der Waals surface area (Å²) in [5.41, 5.74) is -0.799. The third-order valence-electron chi connectivity index (χ3n) is 2.91. The van der Waals surface area contributed by atoms with Crippen LogP contribution >= 0.6 is 0 Å². The zero-order valence-electron chi connectivity index (χ0n) is 12.1. The summed E-state index contributed by atoms with van der Waals surface area (Å²) in [5.74, 6) is -1.83. The summed E-state index contributed by atoms with van der Waals surface area (Å²) in [6.45, 7) is 4.68. The van der Waals surface area contributed by atoms with Crippen LogP contribution in [0, 0.1) is 21.7 Å². The predicted octanol–water partition coefficient (Wildman–Crippen LogP) is 2.65. The second kappa shape index (κ2) is 6.60. The van der Waals surface area contributed by atoms with Gasteiger partial charge in [0, 0.05) is 19.1 Å². The Bertz CT molecular complexity index is 469. The number of halogens is 2. The number of rotatable bonds is 6. The molecule has 0 bridgehead atoms. The zero-order valence-corrected chi connectivity index (χ0v) is 12.1. The van der Waals surface area contributed by atoms with Gasteiger partial charge in [-0.05, 0) is 27.9 Å². The van der Waals surface area contributed by atoms with E-state index in [2.05, 4.69) is 0 Å². The maximum atomic E-state index is 14.0. The van der Waals surface area contributed by atoms with E-state index in [1.54, 1.807) is 4.90 Å². The molecule has 1 rings (SSSR count). The summed E-state index contributed by atoms with van der Waals surface area (Å²) in [4.78, 5) is 13.2. The lowest BCUT2D eigenvalue weighted by molar-refractivity contribution is -0.385. The van der Waals surface area contributed by atoms with Crippen molar-refractivity contribution in [2.24, 2.45) is 0 Å². The van der Waals surface area contributed by atoms with Crippen LogP contribution in [0.3, 0.4) is 0 Å². The molecule has 0 amide bonds. The van der Waals surface area contributed by atoms with E-state index in [0.717, 1.165) is 12.1 Å². The molecule has 0 saturated carbocycles. The number of nitro groups is 1. The van der Waals surface area contributed by atoms with Gasteiger partial charge in [0.1, 0.15) is 5.69 Å². The van der Waals surface area contributed by atoms with E-state index >= 15 is 0 Å². The highest BCUT2D eigenvalue weighted by Gasteiger charge is 2.23. The van der Waals surface area contributed by atoms with Crippen LogP contribution in [0.4, 0.5) is 20.2 Å². The van der Waals surface area contributed by atoms with E-state index in [1.165, 1.54) is 0 Å². The van der Waals surface area contributed by atoms with Gasteiger partial charge in [-0.25, -0.2) is 8.78 Å². The molecule has 20 heavy (non-hydrogen) atoms. The molecule has 0 heterocycles. The molecule has 5 nitrogen and oxygen atoms in total. The Balaban J connectivity index is 3.17. The first-order valence-corrected chi connectivity index (χ1v) is 6.28. The third-order valence-corrected chi connectivity index (χ3v) is 2.91. The fourth-order valence-corrected chi connectivity index (χ4v) is 1.87. The van der Waals surface area contributed by atoms with Gasteiger partial charge in [-0.3, -0.25) is 10.1 Å². The van der Waals surface area contributed by atoms with Gasteiger partial charge in [-0.2, -0.15) is 0 Å². The Morgan fingerprint density at radius 1 is 1.20 bits per heavy atom. The largest absolute Gasteiger partial charge is 0.363 e. The molecule has 0 radical (unpaired) electrons. The molecule has 7 heteroatoms. The molecule has 0 aliphatic heterocycles. The van der Waals surface area contributed by atoms with Crippen molar-refractivity contribution >= 4 is 11.4 Å². The number of hydrogen-bond donors (Lipinski definition) is 0. The van der Waals surface area contributed by atoms with Crippen molar-refractivity contribution in [2.45, 2.75) is 19.9 Å². The summed E-state index contributed by atoms with van der Waals surface area (Å²) in [6, 6.07) is 1.38. The molecule has 1 aromatic carbocycles. The second-order valence-electron chi connectivity index (χ2n) is 5.11. The van der Waals surface area contributed by atoms with Gasteiger partial charge >= 0.3 is 0 Å². The molecule has 112 valence electrons. The number of likely N-dealkylation sites (N-methyl/N-ethyl adjacent to an activating group) is 1. The van der Waals surface area contributed by atoms with Crippen LogP contribution in [0.1, 0.15) is 13.8 Å². The fraction of sp³-hybridized carbons (Fsp3) is 0.538. The summed E-state index contributed by atoms with van der Waals surface area (Å²) in [6.07, 6.45) is 0. The average molecular weight is 287 g/mol. The topological polar surface area (TPSA) is 49.6 Å². The SMILES string of the molecule is CC(C)N(CCN(C)C)c1c(F)cc([N+](=O)[O-])cc1F. The Morgan fingerprint density at radius 2 is 1.70 bits per heavy atom. The Hall–Kier alpha value is -1.76. The number of benzene rings is 1. The van der Waals surface area contributed by atoms with Crippen LogP contribution in [-0.4, -0.2) is 43.0 Å². The van der Waals surface area contributed by atoms with Crippen molar-refractivity contribution in [1.82, 2.24) is 4.90 Å². The minimum absolute atomic E-state index is 0.125. The normalized spacial score (nSPS) is 11.2. The maximum Gasteiger partial charge on any atom is 0.275 e. The van der Waals surface area contributed by atoms with Gasteiger partial charge in [0.25, 0.3) is 5.69 Å². The van der Waals surface area contributed by atoms with E-state index in [-0.39, 0.29) is 11.7 Å². The van der Waals surface area contributed by atoms with Crippen molar-refractivity contribution in [2.75, 3.05) is 32.1 Å². The van der Waals surface area contributed by atoms with Gasteiger partial charge in [-0.1, -0.05) is 0 Å². The van der Waals surface area contributed by atoms with Crippen LogP contribution in [0.2, 0.25) is 0 Å². The van der Waals surface area contributed by atoms with E-state index < -0.39 is 22.2 Å². The van der Waals surface area contributed by atoms with Crippen LogP contribution < -0.4 is 4.90 Å². The lowest BCUT2D eigenvalue weighted by Gasteiger charge is -2.30. The molecular weight excluding hydrogens is 268 g/mol. The first-order chi connectivity index (χ1) is 9.23. The lowest BCUT2D eigenvalue weighted by atomic mass is 10.2. The highest BCUT2D eigenvalue weighted by Crippen LogP contribution is 2.29. The summed E-state index contributed by atoms with van der Waals surface area (Å²) < 4.78 is 28.0. The van der Waals surface area contributed by atoms with Gasteiger partial charge in [0.05, 0.1) is 17.1 Å². The quantitative estimate of drug-likeness (QED) is 0.596. The minimum Gasteiger partial charge on any atom is -0.363 e. The zero-order chi connectivity index (χ0) is 15.4. The van der Waals surface area contributed by atoms with Gasteiger partial charge in [-0.15, -0.1) is 0 Å². The minimum atomic E-state index is -0.913. The third kappa shape index (κ3) is 3.86. The standard InChI is InChI=1S/C13H19F2N3O2/c1-9(2)17(6-5-16(3)4)13-11(14)7-10(18(19)20)8-12(13)15/h7-9H,5-6H2,1-4H3. The Labute approximate surface area is 116 Å². The molecule has 0 atom stereocenters. The number of non-ortho nitro benzene ring substituents is 1. The monoisotopic (exact) mass is 287 g/mol. The molecule has 0 fully saturated rings. The Morgan fingerprint density at radius 3 is 2.05 bits per heavy atom. The maximum absolute atomic E-state index is 14.0. The molecule has 0 spiro atoms. The first-order valence-electron chi connectivity index (χ1n) is 6.28. The van der Waals surface area contributed by atoms with Gasteiger partial charge < -0.3 is 9.80 Å². The summed E-state index contributed by atoms with van der Waals surface area (Å²) in [7, 11) is 3.72. The van der Waals surface area contributed by atoms with E-state index in [0.29, 0.717) is 13.1 Å². The van der Waals surface area contributed by atoms with Crippen LogP contribution in [0.25, 0.3) is 0 Å². The summed E-state index contributed by atoms with van der Waals surface area (Å²) in [5, 5.41) is 10.6. The van der Waals surface area contributed by atoms with Gasteiger partial charge in [0.2, 0.25) is 0 Å². The fourth-order valence-electron chi connectivity index (χ4n) is 1.87. The van der Waals surface area contributed by atoms with Crippen molar-refractivity contribution in [3.63, 3.8) is 0 Å². The van der Waals surface area contributed by atoms with Crippen molar-refractivity contribution in [3.05, 3.63) is 33.9 Å².